The molecule has 0 aromatic carbocycles. The Bertz CT molecular complexity index is 365. The van der Waals surface area contributed by atoms with Crippen LogP contribution in [0.4, 0.5) is 5.69 Å². The molecule has 0 saturated heterocycles. The van der Waals surface area contributed by atoms with E-state index >= 15 is 0 Å². The smallest absolute Gasteiger partial charge is 0.253 e. The van der Waals surface area contributed by atoms with Crippen molar-refractivity contribution in [3.8, 4) is 0 Å². The molecule has 0 aliphatic carbocycles. The van der Waals surface area contributed by atoms with E-state index in [0.29, 0.717) is 5.56 Å². The van der Waals surface area contributed by atoms with Crippen molar-refractivity contribution in [1.82, 2.24) is 10.3 Å². The number of amides is 1. The summed E-state index contributed by atoms with van der Waals surface area (Å²) >= 11 is 0. The summed E-state index contributed by atoms with van der Waals surface area (Å²) < 4.78 is 0. The van der Waals surface area contributed by atoms with Crippen LogP contribution in [0, 0.1) is 0 Å². The van der Waals surface area contributed by atoms with Gasteiger partial charge in [0.1, 0.15) is 0 Å². The fourth-order valence-electron chi connectivity index (χ4n) is 1.68. The van der Waals surface area contributed by atoms with Crippen LogP contribution in [0.3, 0.4) is 0 Å². The lowest BCUT2D eigenvalue weighted by Crippen LogP contribution is -2.32. The lowest BCUT2D eigenvalue weighted by atomic mass is 10.1. The molecule has 0 aliphatic rings. The molecule has 1 rings (SSSR count). The van der Waals surface area contributed by atoms with Crippen LogP contribution in [0.5, 0.6) is 0 Å². The van der Waals surface area contributed by atoms with Crippen LogP contribution in [0.15, 0.2) is 18.5 Å². The number of nitrogens with one attached hydrogen (secondary N) is 2. The summed E-state index contributed by atoms with van der Waals surface area (Å²) in [5.41, 5.74) is 1.40. The number of pyridine rings is 1. The zero-order valence-corrected chi connectivity index (χ0v) is 10.8. The highest BCUT2D eigenvalue weighted by Gasteiger charge is 2.12. The first-order valence-corrected chi connectivity index (χ1v) is 6.11. The van der Waals surface area contributed by atoms with Gasteiger partial charge in [-0.3, -0.25) is 9.78 Å². The first-order valence-electron chi connectivity index (χ1n) is 6.11. The molecular formula is C13H21N3O. The quantitative estimate of drug-likeness (QED) is 0.796. The Labute approximate surface area is 103 Å². The number of rotatable bonds is 6. The third-order valence-corrected chi connectivity index (χ3v) is 2.70. The first kappa shape index (κ1) is 13.5. The minimum absolute atomic E-state index is 0.0413. The molecule has 1 aromatic heterocycles. The first-order chi connectivity index (χ1) is 8.19. The van der Waals surface area contributed by atoms with E-state index in [1.54, 1.807) is 25.5 Å². The number of nitrogens with zero attached hydrogens (tertiary/aromatic N) is 1. The van der Waals surface area contributed by atoms with E-state index < -0.39 is 0 Å². The Morgan fingerprint density at radius 1 is 1.53 bits per heavy atom. The SMILES string of the molecule is CCCCC(C)NC(=O)c1ccncc1NC. The van der Waals surface area contributed by atoms with E-state index in [1.165, 1.54) is 0 Å². The number of hydrogen-bond acceptors (Lipinski definition) is 3. The van der Waals surface area contributed by atoms with Crippen LogP contribution >= 0.6 is 0 Å². The van der Waals surface area contributed by atoms with E-state index in [1.807, 2.05) is 6.92 Å². The summed E-state index contributed by atoms with van der Waals surface area (Å²) in [6.45, 7) is 4.18. The predicted octanol–water partition coefficient (Wildman–Crippen LogP) is 2.43. The Balaban J connectivity index is 2.63. The molecule has 0 bridgehead atoms. The van der Waals surface area contributed by atoms with E-state index in [4.69, 9.17) is 0 Å². The van der Waals surface area contributed by atoms with Crippen LogP contribution in [-0.4, -0.2) is 24.0 Å². The van der Waals surface area contributed by atoms with Crippen molar-refractivity contribution in [3.63, 3.8) is 0 Å². The maximum Gasteiger partial charge on any atom is 0.253 e. The Hall–Kier alpha value is -1.58. The molecule has 1 amide bonds. The molecule has 1 unspecified atom stereocenters. The summed E-state index contributed by atoms with van der Waals surface area (Å²) in [6.07, 6.45) is 6.59. The molecule has 0 aliphatic heterocycles. The number of hydrogen-bond donors (Lipinski definition) is 2. The van der Waals surface area contributed by atoms with Gasteiger partial charge in [-0.2, -0.15) is 0 Å². The number of anilines is 1. The zero-order chi connectivity index (χ0) is 12.7. The number of aromatic nitrogens is 1. The van der Waals surface area contributed by atoms with E-state index in [-0.39, 0.29) is 11.9 Å². The molecule has 0 fully saturated rings. The van der Waals surface area contributed by atoms with Gasteiger partial charge in [-0.1, -0.05) is 19.8 Å². The van der Waals surface area contributed by atoms with Gasteiger partial charge in [0, 0.05) is 19.3 Å². The third kappa shape index (κ3) is 4.06. The van der Waals surface area contributed by atoms with Gasteiger partial charge in [-0.05, 0) is 19.4 Å². The third-order valence-electron chi connectivity index (χ3n) is 2.70. The fourth-order valence-corrected chi connectivity index (χ4v) is 1.68. The number of carbonyl (C=O) groups is 1. The van der Waals surface area contributed by atoms with Gasteiger partial charge in [0.2, 0.25) is 0 Å². The molecule has 2 N–H and O–H groups in total. The normalized spacial score (nSPS) is 11.9. The maximum absolute atomic E-state index is 12.0. The molecule has 4 heteroatoms. The van der Waals surface area contributed by atoms with Crippen molar-refractivity contribution >= 4 is 11.6 Å². The lowest BCUT2D eigenvalue weighted by Gasteiger charge is -2.14. The number of unbranched alkanes of at least 4 members (excludes halogenated alkanes) is 1. The zero-order valence-electron chi connectivity index (χ0n) is 10.8. The Kier molecular flexibility index (Phi) is 5.46. The average Bonchev–Trinajstić information content (AvgIpc) is 2.36. The molecule has 17 heavy (non-hydrogen) atoms. The topological polar surface area (TPSA) is 54.0 Å². The molecule has 0 radical (unpaired) electrons. The predicted molar refractivity (Wildman–Crippen MR) is 70.2 cm³/mol. The number of carbonyl (C=O) groups excluding carboxylic acids is 1. The van der Waals surface area contributed by atoms with Gasteiger partial charge in [0.15, 0.2) is 0 Å². The van der Waals surface area contributed by atoms with Gasteiger partial charge in [-0.25, -0.2) is 0 Å². The summed E-state index contributed by atoms with van der Waals surface area (Å²) in [5, 5.41) is 5.97. The Morgan fingerprint density at radius 2 is 2.29 bits per heavy atom. The summed E-state index contributed by atoms with van der Waals surface area (Å²) in [4.78, 5) is 16.0. The van der Waals surface area contributed by atoms with Crippen molar-refractivity contribution in [2.24, 2.45) is 0 Å². The van der Waals surface area contributed by atoms with Crippen LogP contribution in [-0.2, 0) is 0 Å². The molecule has 1 atom stereocenters. The van der Waals surface area contributed by atoms with E-state index in [2.05, 4.69) is 22.5 Å². The maximum atomic E-state index is 12.0. The van der Waals surface area contributed by atoms with Crippen LogP contribution in [0.2, 0.25) is 0 Å². The van der Waals surface area contributed by atoms with Gasteiger partial charge < -0.3 is 10.6 Å². The van der Waals surface area contributed by atoms with Crippen molar-refractivity contribution in [3.05, 3.63) is 24.0 Å². The highest BCUT2D eigenvalue weighted by molar-refractivity contribution is 5.99. The van der Waals surface area contributed by atoms with Gasteiger partial charge in [0.25, 0.3) is 5.91 Å². The van der Waals surface area contributed by atoms with Crippen LogP contribution < -0.4 is 10.6 Å². The largest absolute Gasteiger partial charge is 0.386 e. The Morgan fingerprint density at radius 3 is 2.94 bits per heavy atom. The summed E-state index contributed by atoms with van der Waals surface area (Å²) in [5.74, 6) is -0.0413. The molecule has 0 spiro atoms. The molecule has 1 aromatic rings. The molecule has 4 nitrogen and oxygen atoms in total. The van der Waals surface area contributed by atoms with Crippen molar-refractivity contribution < 1.29 is 4.79 Å². The lowest BCUT2D eigenvalue weighted by molar-refractivity contribution is 0.0938. The summed E-state index contributed by atoms with van der Waals surface area (Å²) in [6, 6.07) is 1.94. The second-order valence-corrected chi connectivity index (χ2v) is 4.19. The molecule has 0 saturated carbocycles. The van der Waals surface area contributed by atoms with Crippen molar-refractivity contribution in [2.75, 3.05) is 12.4 Å². The van der Waals surface area contributed by atoms with Gasteiger partial charge in [-0.15, -0.1) is 0 Å². The fraction of sp³-hybridized carbons (Fsp3) is 0.538. The minimum atomic E-state index is -0.0413. The van der Waals surface area contributed by atoms with Crippen LogP contribution in [0.1, 0.15) is 43.5 Å². The molecular weight excluding hydrogens is 214 g/mol. The summed E-state index contributed by atoms with van der Waals surface area (Å²) in [7, 11) is 1.79. The molecule has 1 heterocycles. The molecule has 94 valence electrons. The monoisotopic (exact) mass is 235 g/mol. The van der Waals surface area contributed by atoms with Gasteiger partial charge >= 0.3 is 0 Å². The minimum Gasteiger partial charge on any atom is -0.386 e. The standard InChI is InChI=1S/C13H21N3O/c1-4-5-6-10(2)16-13(17)11-7-8-15-9-12(11)14-3/h7-10,14H,4-6H2,1-3H3,(H,16,17). The second kappa shape index (κ2) is 6.89. The van der Waals surface area contributed by atoms with Crippen molar-refractivity contribution in [2.45, 2.75) is 39.2 Å². The average molecular weight is 235 g/mol. The van der Waals surface area contributed by atoms with E-state index in [0.717, 1.165) is 24.9 Å². The second-order valence-electron chi connectivity index (χ2n) is 4.19. The highest BCUT2D eigenvalue weighted by atomic mass is 16.1. The van der Waals surface area contributed by atoms with E-state index in [9.17, 15) is 4.79 Å². The van der Waals surface area contributed by atoms with Gasteiger partial charge in [0.05, 0.1) is 17.4 Å². The van der Waals surface area contributed by atoms with Crippen molar-refractivity contribution in [1.29, 1.82) is 0 Å². The van der Waals surface area contributed by atoms with Crippen LogP contribution in [0.25, 0.3) is 0 Å². The highest BCUT2D eigenvalue weighted by Crippen LogP contribution is 2.12.